The first-order valence-electron chi connectivity index (χ1n) is 6.82. The third kappa shape index (κ3) is 4.49. The van der Waals surface area contributed by atoms with Gasteiger partial charge in [-0.2, -0.15) is 0 Å². The summed E-state index contributed by atoms with van der Waals surface area (Å²) in [5.74, 6) is 0.868. The minimum atomic E-state index is 0.240. The molecule has 1 fully saturated rings. The van der Waals surface area contributed by atoms with Crippen LogP contribution in [0.4, 0.5) is 0 Å². The lowest BCUT2D eigenvalue weighted by molar-refractivity contribution is -0.0185. The molecule has 0 radical (unpaired) electrons. The van der Waals surface area contributed by atoms with Crippen LogP contribution in [0.5, 0.6) is 5.75 Å². The zero-order chi connectivity index (χ0) is 13.5. The molecule has 1 aliphatic heterocycles. The molecule has 4 nitrogen and oxygen atoms in total. The van der Waals surface area contributed by atoms with Crippen LogP contribution in [0.1, 0.15) is 18.4 Å². The van der Waals surface area contributed by atoms with Crippen LogP contribution in [0, 0.1) is 0 Å². The molecule has 1 aromatic rings. The molecule has 0 spiro atoms. The Morgan fingerprint density at radius 2 is 2.16 bits per heavy atom. The van der Waals surface area contributed by atoms with Gasteiger partial charge in [-0.15, -0.1) is 0 Å². The number of rotatable bonds is 7. The van der Waals surface area contributed by atoms with Crippen molar-refractivity contribution < 1.29 is 14.2 Å². The van der Waals surface area contributed by atoms with E-state index in [0.717, 1.165) is 30.7 Å². The van der Waals surface area contributed by atoms with E-state index < -0.39 is 0 Å². The van der Waals surface area contributed by atoms with E-state index in [1.807, 2.05) is 31.3 Å². The van der Waals surface area contributed by atoms with E-state index in [1.54, 1.807) is 7.11 Å². The van der Waals surface area contributed by atoms with E-state index in [1.165, 1.54) is 0 Å². The molecule has 4 heteroatoms. The molecule has 1 saturated heterocycles. The van der Waals surface area contributed by atoms with Gasteiger partial charge in [0.2, 0.25) is 0 Å². The van der Waals surface area contributed by atoms with Gasteiger partial charge in [0.15, 0.2) is 0 Å². The molecular formula is C15H23NO3. The van der Waals surface area contributed by atoms with Gasteiger partial charge in [0.1, 0.15) is 5.75 Å². The molecule has 2 atom stereocenters. The van der Waals surface area contributed by atoms with Crippen LogP contribution in [0.25, 0.3) is 0 Å². The van der Waals surface area contributed by atoms with Crippen LogP contribution in [0.3, 0.4) is 0 Å². The molecule has 0 saturated carbocycles. The Kier molecular flexibility index (Phi) is 5.63. The number of hydrogen-bond donors (Lipinski definition) is 1. The predicted octanol–water partition coefficient (Wildman–Crippen LogP) is 1.98. The Morgan fingerprint density at radius 1 is 1.32 bits per heavy atom. The van der Waals surface area contributed by atoms with E-state index in [-0.39, 0.29) is 6.10 Å². The largest absolute Gasteiger partial charge is 0.497 e. The maximum atomic E-state index is 5.87. The molecule has 2 rings (SSSR count). The standard InChI is InChI=1S/C15H23NO3/c1-16-9-14-6-7-15(19-14)11-18-10-12-4-3-5-13(8-12)17-2/h3-5,8,14-16H,6-7,9-11H2,1-2H3. The van der Waals surface area contributed by atoms with E-state index in [9.17, 15) is 0 Å². The Morgan fingerprint density at radius 3 is 2.95 bits per heavy atom. The second-order valence-electron chi connectivity index (χ2n) is 4.88. The van der Waals surface area contributed by atoms with E-state index in [4.69, 9.17) is 14.2 Å². The van der Waals surface area contributed by atoms with E-state index >= 15 is 0 Å². The fourth-order valence-corrected chi connectivity index (χ4v) is 2.35. The second-order valence-corrected chi connectivity index (χ2v) is 4.88. The molecule has 0 aromatic heterocycles. The van der Waals surface area contributed by atoms with Crippen LogP contribution in [0.15, 0.2) is 24.3 Å². The van der Waals surface area contributed by atoms with Gasteiger partial charge in [-0.1, -0.05) is 12.1 Å². The van der Waals surface area contributed by atoms with Gasteiger partial charge < -0.3 is 19.5 Å². The van der Waals surface area contributed by atoms with E-state index in [0.29, 0.717) is 19.3 Å². The number of likely N-dealkylation sites (N-methyl/N-ethyl adjacent to an activating group) is 1. The summed E-state index contributed by atoms with van der Waals surface area (Å²) in [5, 5.41) is 3.15. The summed E-state index contributed by atoms with van der Waals surface area (Å²) in [5.41, 5.74) is 1.13. The van der Waals surface area contributed by atoms with Gasteiger partial charge in [-0.25, -0.2) is 0 Å². The predicted molar refractivity (Wildman–Crippen MR) is 74.5 cm³/mol. The summed E-state index contributed by atoms with van der Waals surface area (Å²) in [6.07, 6.45) is 2.79. The number of methoxy groups -OCH3 is 1. The topological polar surface area (TPSA) is 39.7 Å². The fraction of sp³-hybridized carbons (Fsp3) is 0.600. The highest BCUT2D eigenvalue weighted by molar-refractivity contribution is 5.27. The monoisotopic (exact) mass is 265 g/mol. The Balaban J connectivity index is 1.69. The average molecular weight is 265 g/mol. The van der Waals surface area contributed by atoms with Gasteiger partial charge in [-0.05, 0) is 37.6 Å². The van der Waals surface area contributed by atoms with Gasteiger partial charge in [-0.3, -0.25) is 0 Å². The van der Waals surface area contributed by atoms with Crippen molar-refractivity contribution >= 4 is 0 Å². The third-order valence-electron chi connectivity index (χ3n) is 3.33. The first-order chi connectivity index (χ1) is 9.31. The van der Waals surface area contributed by atoms with Crippen molar-refractivity contribution in [3.63, 3.8) is 0 Å². The van der Waals surface area contributed by atoms with Crippen molar-refractivity contribution in [1.29, 1.82) is 0 Å². The van der Waals surface area contributed by atoms with Crippen molar-refractivity contribution in [2.24, 2.45) is 0 Å². The Hall–Kier alpha value is -1.10. The summed E-state index contributed by atoms with van der Waals surface area (Å²) in [7, 11) is 3.63. The molecule has 0 bridgehead atoms. The van der Waals surface area contributed by atoms with Crippen LogP contribution < -0.4 is 10.1 Å². The third-order valence-corrected chi connectivity index (χ3v) is 3.33. The first kappa shape index (κ1) is 14.3. The first-order valence-corrected chi connectivity index (χ1v) is 6.82. The highest BCUT2D eigenvalue weighted by atomic mass is 16.5. The quantitative estimate of drug-likeness (QED) is 0.818. The maximum Gasteiger partial charge on any atom is 0.119 e. The van der Waals surface area contributed by atoms with Gasteiger partial charge >= 0.3 is 0 Å². The Labute approximate surface area is 115 Å². The summed E-state index contributed by atoms with van der Waals surface area (Å²) in [4.78, 5) is 0. The molecule has 106 valence electrons. The summed E-state index contributed by atoms with van der Waals surface area (Å²) >= 11 is 0. The van der Waals surface area contributed by atoms with Crippen molar-refractivity contribution in [2.45, 2.75) is 31.7 Å². The SMILES string of the molecule is CNCC1CCC(COCc2cccc(OC)c2)O1. The lowest BCUT2D eigenvalue weighted by atomic mass is 10.2. The normalized spacial score (nSPS) is 22.6. The van der Waals surface area contributed by atoms with Gasteiger partial charge in [0, 0.05) is 6.54 Å². The van der Waals surface area contributed by atoms with Crippen LogP contribution in [0.2, 0.25) is 0 Å². The van der Waals surface area contributed by atoms with Crippen molar-refractivity contribution in [2.75, 3.05) is 27.3 Å². The average Bonchev–Trinajstić information content (AvgIpc) is 2.87. The summed E-state index contributed by atoms with van der Waals surface area (Å²) in [6.45, 7) is 2.19. The fourth-order valence-electron chi connectivity index (χ4n) is 2.35. The van der Waals surface area contributed by atoms with Gasteiger partial charge in [0.05, 0.1) is 32.5 Å². The minimum absolute atomic E-state index is 0.240. The van der Waals surface area contributed by atoms with E-state index in [2.05, 4.69) is 5.32 Å². The summed E-state index contributed by atoms with van der Waals surface area (Å²) in [6, 6.07) is 7.96. The number of nitrogens with one attached hydrogen (secondary N) is 1. The molecule has 0 amide bonds. The number of ether oxygens (including phenoxy) is 3. The lowest BCUT2D eigenvalue weighted by Gasteiger charge is -2.14. The maximum absolute atomic E-state index is 5.87. The highest BCUT2D eigenvalue weighted by Gasteiger charge is 2.24. The minimum Gasteiger partial charge on any atom is -0.497 e. The smallest absolute Gasteiger partial charge is 0.119 e. The number of hydrogen-bond acceptors (Lipinski definition) is 4. The van der Waals surface area contributed by atoms with Crippen molar-refractivity contribution in [1.82, 2.24) is 5.32 Å². The number of benzene rings is 1. The molecule has 1 aliphatic rings. The molecule has 1 N–H and O–H groups in total. The molecule has 2 unspecified atom stereocenters. The van der Waals surface area contributed by atoms with Crippen molar-refractivity contribution in [3.8, 4) is 5.75 Å². The van der Waals surface area contributed by atoms with Crippen LogP contribution >= 0.6 is 0 Å². The van der Waals surface area contributed by atoms with Crippen LogP contribution in [-0.4, -0.2) is 39.5 Å². The van der Waals surface area contributed by atoms with Crippen molar-refractivity contribution in [3.05, 3.63) is 29.8 Å². The molecular weight excluding hydrogens is 242 g/mol. The molecule has 1 aromatic carbocycles. The lowest BCUT2D eigenvalue weighted by Crippen LogP contribution is -2.25. The molecule has 1 heterocycles. The summed E-state index contributed by atoms with van der Waals surface area (Å²) < 4.78 is 16.8. The highest BCUT2D eigenvalue weighted by Crippen LogP contribution is 2.20. The Bertz CT molecular complexity index is 383. The molecule has 0 aliphatic carbocycles. The molecule has 19 heavy (non-hydrogen) atoms. The second kappa shape index (κ2) is 7.48. The van der Waals surface area contributed by atoms with Crippen LogP contribution in [-0.2, 0) is 16.1 Å². The van der Waals surface area contributed by atoms with Gasteiger partial charge in [0.25, 0.3) is 0 Å². The zero-order valence-corrected chi connectivity index (χ0v) is 11.7. The zero-order valence-electron chi connectivity index (χ0n) is 11.7.